The molecule has 2 heteroatoms. The number of rotatable bonds is 8. The Labute approximate surface area is 354 Å². The van der Waals surface area contributed by atoms with Crippen LogP contribution in [0.25, 0.3) is 86.6 Å². The van der Waals surface area contributed by atoms with E-state index in [1.807, 2.05) is 11.3 Å². The number of fused-ring (bicyclic) bond motifs is 4. The van der Waals surface area contributed by atoms with Gasteiger partial charge in [0.25, 0.3) is 0 Å². The second-order valence-corrected chi connectivity index (χ2v) is 16.3. The summed E-state index contributed by atoms with van der Waals surface area (Å²) in [6.45, 7) is 0. The molecule has 0 saturated carbocycles. The molecular formula is C58H39NS. The number of nitrogens with zero attached hydrogens (tertiary/aromatic N) is 1. The van der Waals surface area contributed by atoms with Crippen molar-refractivity contribution in [2.75, 3.05) is 4.90 Å². The zero-order valence-electron chi connectivity index (χ0n) is 32.9. The molecule has 1 nitrogen and oxygen atoms in total. The van der Waals surface area contributed by atoms with Gasteiger partial charge in [-0.15, -0.1) is 11.3 Å². The molecular weight excluding hydrogens is 743 g/mol. The summed E-state index contributed by atoms with van der Waals surface area (Å²) in [6.07, 6.45) is 0. The summed E-state index contributed by atoms with van der Waals surface area (Å²) < 4.78 is 2.55. The molecule has 10 aromatic carbocycles. The average molecular weight is 782 g/mol. The van der Waals surface area contributed by atoms with Gasteiger partial charge in [0.2, 0.25) is 0 Å². The van der Waals surface area contributed by atoms with Crippen LogP contribution in [0.15, 0.2) is 237 Å². The molecule has 0 aliphatic heterocycles. The lowest BCUT2D eigenvalue weighted by molar-refractivity contribution is 1.30. The fourth-order valence-corrected chi connectivity index (χ4v) is 9.90. The van der Waals surface area contributed by atoms with Crippen LogP contribution in [0.1, 0.15) is 0 Å². The molecule has 1 heterocycles. The van der Waals surface area contributed by atoms with Gasteiger partial charge < -0.3 is 4.90 Å². The van der Waals surface area contributed by atoms with Crippen molar-refractivity contribution in [3.8, 4) is 55.6 Å². The Morgan fingerprint density at radius 2 is 0.733 bits per heavy atom. The Morgan fingerprint density at radius 3 is 1.33 bits per heavy atom. The molecule has 0 atom stereocenters. The fourth-order valence-electron chi connectivity index (χ4n) is 8.58. The quantitative estimate of drug-likeness (QED) is 0.148. The Hall–Kier alpha value is -7.52. The highest BCUT2D eigenvalue weighted by atomic mass is 32.1. The zero-order chi connectivity index (χ0) is 39.8. The van der Waals surface area contributed by atoms with E-state index >= 15 is 0 Å². The molecule has 0 radical (unpaired) electrons. The van der Waals surface area contributed by atoms with Gasteiger partial charge in [-0.3, -0.25) is 0 Å². The summed E-state index contributed by atoms with van der Waals surface area (Å²) in [5, 5.41) is 5.04. The Balaban J connectivity index is 1.06. The summed E-state index contributed by atoms with van der Waals surface area (Å²) >= 11 is 1.89. The molecule has 0 unspecified atom stereocenters. The number of hydrogen-bond donors (Lipinski definition) is 0. The zero-order valence-corrected chi connectivity index (χ0v) is 33.7. The van der Waals surface area contributed by atoms with E-state index in [0.29, 0.717) is 0 Å². The maximum atomic E-state index is 2.43. The van der Waals surface area contributed by atoms with E-state index in [2.05, 4.69) is 241 Å². The molecule has 0 saturated heterocycles. The van der Waals surface area contributed by atoms with Gasteiger partial charge >= 0.3 is 0 Å². The highest BCUT2D eigenvalue weighted by molar-refractivity contribution is 7.27. The van der Waals surface area contributed by atoms with Gasteiger partial charge in [-0.2, -0.15) is 0 Å². The minimum atomic E-state index is 1.11. The van der Waals surface area contributed by atoms with Gasteiger partial charge in [-0.25, -0.2) is 0 Å². The Morgan fingerprint density at radius 1 is 0.267 bits per heavy atom. The average Bonchev–Trinajstić information content (AvgIpc) is 3.72. The summed E-state index contributed by atoms with van der Waals surface area (Å²) in [5.41, 5.74) is 15.5. The third-order valence-corrected chi connectivity index (χ3v) is 12.9. The number of thiophene rings is 1. The summed E-state index contributed by atoms with van der Waals surface area (Å²) in [7, 11) is 0. The first-order valence-corrected chi connectivity index (χ1v) is 21.3. The van der Waals surface area contributed by atoms with Crippen molar-refractivity contribution >= 4 is 59.3 Å². The maximum absolute atomic E-state index is 2.43. The van der Waals surface area contributed by atoms with Crippen molar-refractivity contribution in [2.45, 2.75) is 0 Å². The van der Waals surface area contributed by atoms with E-state index < -0.39 is 0 Å². The fraction of sp³-hybridized carbons (Fsp3) is 0. The summed E-state index contributed by atoms with van der Waals surface area (Å²) in [6, 6.07) is 86.1. The second kappa shape index (κ2) is 15.3. The van der Waals surface area contributed by atoms with Crippen molar-refractivity contribution in [2.24, 2.45) is 0 Å². The van der Waals surface area contributed by atoms with Crippen molar-refractivity contribution in [1.29, 1.82) is 0 Å². The van der Waals surface area contributed by atoms with E-state index in [9.17, 15) is 0 Å². The van der Waals surface area contributed by atoms with Crippen LogP contribution in [-0.2, 0) is 0 Å². The molecule has 282 valence electrons. The SMILES string of the molecule is c1ccc(-c2ccc(-c3ccc(N(c4ccc(-c5ccc6ccccc6c5)cc4)c4cccc5c4sc4c(-c6ccccc6)cc(-c6ccccc6)cc45)cc3)cc2)cc1. The molecule has 0 aliphatic carbocycles. The molecule has 1 aromatic heterocycles. The van der Waals surface area contributed by atoms with Crippen molar-refractivity contribution < 1.29 is 0 Å². The first kappa shape index (κ1) is 35.6. The standard InChI is InChI=1S/C58H39NS/c1-4-13-40(14-5-1)43-23-25-44(26-24-43)45-29-33-51(34-30-45)59(52-35-31-46(32-36-52)49-28-27-42-17-10-11-20-48(42)37-49)56-22-12-21-53-55-39-50(41-15-6-2-7-16-41)38-54(57(55)60-58(53)56)47-18-8-3-9-19-47/h1-39H. The van der Waals surface area contributed by atoms with E-state index in [1.54, 1.807) is 0 Å². The van der Waals surface area contributed by atoms with Crippen LogP contribution < -0.4 is 4.90 Å². The van der Waals surface area contributed by atoms with Gasteiger partial charge in [-0.1, -0.05) is 188 Å². The molecule has 0 fully saturated rings. The highest BCUT2D eigenvalue weighted by Crippen LogP contribution is 2.48. The first-order valence-electron chi connectivity index (χ1n) is 20.5. The van der Waals surface area contributed by atoms with E-state index in [-0.39, 0.29) is 0 Å². The smallest absolute Gasteiger partial charge is 0.0640 e. The molecule has 0 N–H and O–H groups in total. The van der Waals surface area contributed by atoms with Crippen LogP contribution in [0.4, 0.5) is 17.1 Å². The lowest BCUT2D eigenvalue weighted by Crippen LogP contribution is -2.10. The molecule has 0 bridgehead atoms. The number of hydrogen-bond acceptors (Lipinski definition) is 2. The van der Waals surface area contributed by atoms with Gasteiger partial charge in [0.1, 0.15) is 0 Å². The first-order chi connectivity index (χ1) is 29.7. The summed E-state index contributed by atoms with van der Waals surface area (Å²) in [4.78, 5) is 2.43. The number of benzene rings is 10. The largest absolute Gasteiger partial charge is 0.309 e. The predicted molar refractivity (Wildman–Crippen MR) is 259 cm³/mol. The third-order valence-electron chi connectivity index (χ3n) is 11.7. The van der Waals surface area contributed by atoms with E-state index in [1.165, 1.54) is 86.6 Å². The summed E-state index contributed by atoms with van der Waals surface area (Å²) in [5.74, 6) is 0. The van der Waals surface area contributed by atoms with Gasteiger partial charge in [0.15, 0.2) is 0 Å². The molecule has 11 aromatic rings. The van der Waals surface area contributed by atoms with Crippen LogP contribution >= 0.6 is 11.3 Å². The molecule has 0 spiro atoms. The Bertz CT molecular complexity index is 3260. The lowest BCUT2D eigenvalue weighted by Gasteiger charge is -2.26. The molecule has 0 amide bonds. The van der Waals surface area contributed by atoms with Crippen LogP contribution in [-0.4, -0.2) is 0 Å². The normalized spacial score (nSPS) is 11.3. The monoisotopic (exact) mass is 781 g/mol. The minimum Gasteiger partial charge on any atom is -0.309 e. The predicted octanol–water partition coefficient (Wildman–Crippen LogP) is 17.0. The van der Waals surface area contributed by atoms with Gasteiger partial charge in [-0.05, 0) is 109 Å². The molecule has 11 rings (SSSR count). The van der Waals surface area contributed by atoms with Gasteiger partial charge in [0, 0.05) is 32.4 Å². The lowest BCUT2D eigenvalue weighted by atomic mass is 9.96. The second-order valence-electron chi connectivity index (χ2n) is 15.3. The Kier molecular flexibility index (Phi) is 9.11. The van der Waals surface area contributed by atoms with Crippen LogP contribution in [0.5, 0.6) is 0 Å². The topological polar surface area (TPSA) is 3.24 Å². The molecule has 0 aliphatic rings. The maximum Gasteiger partial charge on any atom is 0.0640 e. The van der Waals surface area contributed by atoms with E-state index in [0.717, 1.165) is 17.1 Å². The van der Waals surface area contributed by atoms with Crippen LogP contribution in [0, 0.1) is 0 Å². The highest BCUT2D eigenvalue weighted by Gasteiger charge is 2.21. The van der Waals surface area contributed by atoms with Crippen molar-refractivity contribution in [3.05, 3.63) is 237 Å². The minimum absolute atomic E-state index is 1.11. The van der Waals surface area contributed by atoms with Crippen molar-refractivity contribution in [1.82, 2.24) is 0 Å². The van der Waals surface area contributed by atoms with Gasteiger partial charge in [0.05, 0.1) is 10.4 Å². The van der Waals surface area contributed by atoms with E-state index in [4.69, 9.17) is 0 Å². The van der Waals surface area contributed by atoms with Crippen LogP contribution in [0.2, 0.25) is 0 Å². The van der Waals surface area contributed by atoms with Crippen molar-refractivity contribution in [3.63, 3.8) is 0 Å². The third kappa shape index (κ3) is 6.63. The number of anilines is 3. The van der Waals surface area contributed by atoms with Crippen LogP contribution in [0.3, 0.4) is 0 Å². The molecule has 60 heavy (non-hydrogen) atoms.